The molecule has 1 aliphatic carbocycles. The predicted octanol–water partition coefficient (Wildman–Crippen LogP) is 2.81. The van der Waals surface area contributed by atoms with Crippen LogP contribution in [-0.4, -0.2) is 18.5 Å². The van der Waals surface area contributed by atoms with Crippen molar-refractivity contribution in [1.29, 1.82) is 0 Å². The molecule has 0 aromatic rings. The molecule has 14 heavy (non-hydrogen) atoms. The third kappa shape index (κ3) is 3.09. The number of carbonyl (C=O) groups excluding carboxylic acids is 1. The molecule has 82 valence electrons. The number of rotatable bonds is 4. The number of Topliss-reactive ketones (excluding diaryl/α,β-unsaturated/α-hetero) is 1. The van der Waals surface area contributed by atoms with E-state index in [1.54, 1.807) is 0 Å². The molecule has 0 bridgehead atoms. The smallest absolute Gasteiger partial charge is 0.164 e. The number of carbonyl (C=O) groups is 1. The largest absolute Gasteiger partial charge is 0.371 e. The molecule has 1 atom stereocenters. The molecule has 0 amide bonds. The Morgan fingerprint density at radius 2 is 1.93 bits per heavy atom. The predicted molar refractivity (Wildman–Crippen MR) is 57.2 cm³/mol. The van der Waals surface area contributed by atoms with Crippen molar-refractivity contribution in [2.45, 2.75) is 52.6 Å². The zero-order valence-electron chi connectivity index (χ0n) is 9.58. The van der Waals surface area contributed by atoms with Crippen molar-refractivity contribution >= 4 is 5.78 Å². The summed E-state index contributed by atoms with van der Waals surface area (Å²) >= 11 is 0. The Bertz CT molecular complexity index is 181. The highest BCUT2D eigenvalue weighted by molar-refractivity contribution is 5.85. The van der Waals surface area contributed by atoms with E-state index in [2.05, 4.69) is 6.92 Å². The van der Waals surface area contributed by atoms with Crippen molar-refractivity contribution in [1.82, 2.24) is 0 Å². The number of hydrogen-bond acceptors (Lipinski definition) is 2. The van der Waals surface area contributed by atoms with Crippen LogP contribution in [0.4, 0.5) is 0 Å². The fourth-order valence-corrected chi connectivity index (χ4v) is 2.21. The molecule has 2 nitrogen and oxygen atoms in total. The maximum atomic E-state index is 11.9. The summed E-state index contributed by atoms with van der Waals surface area (Å²) in [7, 11) is 0. The second-order valence-corrected chi connectivity index (χ2v) is 4.46. The van der Waals surface area contributed by atoms with Crippen LogP contribution in [0, 0.1) is 11.8 Å². The Balaban J connectivity index is 2.37. The van der Waals surface area contributed by atoms with E-state index in [9.17, 15) is 4.79 Å². The zero-order valence-corrected chi connectivity index (χ0v) is 9.58. The van der Waals surface area contributed by atoms with Gasteiger partial charge in [0.1, 0.15) is 6.10 Å². The average molecular weight is 198 g/mol. The maximum Gasteiger partial charge on any atom is 0.164 e. The van der Waals surface area contributed by atoms with Gasteiger partial charge in [-0.15, -0.1) is 0 Å². The van der Waals surface area contributed by atoms with Gasteiger partial charge in [-0.3, -0.25) is 4.79 Å². The van der Waals surface area contributed by atoms with Crippen molar-refractivity contribution in [3.63, 3.8) is 0 Å². The van der Waals surface area contributed by atoms with Gasteiger partial charge in [-0.25, -0.2) is 0 Å². The monoisotopic (exact) mass is 198 g/mol. The van der Waals surface area contributed by atoms with Crippen LogP contribution in [0.3, 0.4) is 0 Å². The Kier molecular flexibility index (Phi) is 4.59. The summed E-state index contributed by atoms with van der Waals surface area (Å²) in [5.41, 5.74) is 0. The molecule has 0 aromatic heterocycles. The van der Waals surface area contributed by atoms with E-state index >= 15 is 0 Å². The van der Waals surface area contributed by atoms with Gasteiger partial charge in [-0.2, -0.15) is 0 Å². The van der Waals surface area contributed by atoms with E-state index in [0.717, 1.165) is 18.8 Å². The van der Waals surface area contributed by atoms with E-state index < -0.39 is 0 Å². The fourth-order valence-electron chi connectivity index (χ4n) is 2.21. The SMILES string of the molecule is CCOC(C)C(=O)C1CCC(C)CC1. The third-order valence-corrected chi connectivity index (χ3v) is 3.24. The highest BCUT2D eigenvalue weighted by Crippen LogP contribution is 2.29. The Hall–Kier alpha value is -0.370. The molecule has 1 unspecified atom stereocenters. The first-order valence-corrected chi connectivity index (χ1v) is 5.80. The lowest BCUT2D eigenvalue weighted by Crippen LogP contribution is -2.30. The lowest BCUT2D eigenvalue weighted by molar-refractivity contribution is -0.134. The lowest BCUT2D eigenvalue weighted by atomic mass is 9.80. The molecule has 1 saturated carbocycles. The van der Waals surface area contributed by atoms with Gasteiger partial charge in [-0.05, 0) is 32.6 Å². The summed E-state index contributed by atoms with van der Waals surface area (Å²) in [5.74, 6) is 1.40. The van der Waals surface area contributed by atoms with Crippen LogP contribution >= 0.6 is 0 Å². The van der Waals surface area contributed by atoms with Crippen molar-refractivity contribution in [3.05, 3.63) is 0 Å². The number of ketones is 1. The molecule has 1 aliphatic rings. The van der Waals surface area contributed by atoms with Gasteiger partial charge in [0, 0.05) is 12.5 Å². The minimum Gasteiger partial charge on any atom is -0.371 e. The molecule has 0 aliphatic heterocycles. The molecule has 0 saturated heterocycles. The summed E-state index contributed by atoms with van der Waals surface area (Å²) in [4.78, 5) is 11.9. The minimum absolute atomic E-state index is 0.196. The average Bonchev–Trinajstić information content (AvgIpc) is 2.18. The first-order chi connectivity index (χ1) is 6.65. The molecule has 0 aromatic carbocycles. The second kappa shape index (κ2) is 5.50. The van der Waals surface area contributed by atoms with E-state index in [1.165, 1.54) is 12.8 Å². The Labute approximate surface area is 87.0 Å². The molecule has 0 spiro atoms. The zero-order chi connectivity index (χ0) is 10.6. The molecular formula is C12H22O2. The first kappa shape index (κ1) is 11.7. The highest BCUT2D eigenvalue weighted by atomic mass is 16.5. The Morgan fingerprint density at radius 1 is 1.36 bits per heavy atom. The maximum absolute atomic E-state index is 11.9. The van der Waals surface area contributed by atoms with Gasteiger partial charge in [0.05, 0.1) is 0 Å². The van der Waals surface area contributed by atoms with Crippen molar-refractivity contribution in [2.75, 3.05) is 6.61 Å². The van der Waals surface area contributed by atoms with Gasteiger partial charge in [0.25, 0.3) is 0 Å². The van der Waals surface area contributed by atoms with E-state index in [4.69, 9.17) is 4.74 Å². The number of ether oxygens (including phenoxy) is 1. The standard InChI is InChI=1S/C12H22O2/c1-4-14-10(3)12(13)11-7-5-9(2)6-8-11/h9-11H,4-8H2,1-3H3. The van der Waals surface area contributed by atoms with Crippen LogP contribution < -0.4 is 0 Å². The normalized spacial score (nSPS) is 29.9. The van der Waals surface area contributed by atoms with E-state index in [0.29, 0.717) is 12.4 Å². The summed E-state index contributed by atoms with van der Waals surface area (Å²) in [5, 5.41) is 0. The van der Waals surface area contributed by atoms with Crippen molar-refractivity contribution in [2.24, 2.45) is 11.8 Å². The molecule has 1 rings (SSSR count). The van der Waals surface area contributed by atoms with E-state index in [-0.39, 0.29) is 12.0 Å². The van der Waals surface area contributed by atoms with Gasteiger partial charge < -0.3 is 4.74 Å². The topological polar surface area (TPSA) is 26.3 Å². The van der Waals surface area contributed by atoms with Gasteiger partial charge >= 0.3 is 0 Å². The van der Waals surface area contributed by atoms with Crippen molar-refractivity contribution in [3.8, 4) is 0 Å². The van der Waals surface area contributed by atoms with Gasteiger partial charge in [0.2, 0.25) is 0 Å². The Morgan fingerprint density at radius 3 is 2.43 bits per heavy atom. The van der Waals surface area contributed by atoms with Crippen LogP contribution in [0.5, 0.6) is 0 Å². The number of hydrogen-bond donors (Lipinski definition) is 0. The first-order valence-electron chi connectivity index (χ1n) is 5.80. The van der Waals surface area contributed by atoms with Crippen molar-refractivity contribution < 1.29 is 9.53 Å². The summed E-state index contributed by atoms with van der Waals surface area (Å²) < 4.78 is 5.33. The lowest BCUT2D eigenvalue weighted by Gasteiger charge is -2.26. The van der Waals surface area contributed by atoms with Crippen LogP contribution in [0.15, 0.2) is 0 Å². The fraction of sp³-hybridized carbons (Fsp3) is 0.917. The summed E-state index contributed by atoms with van der Waals surface area (Å²) in [6, 6.07) is 0. The van der Waals surface area contributed by atoms with Gasteiger partial charge in [0.15, 0.2) is 5.78 Å². The molecular weight excluding hydrogens is 176 g/mol. The van der Waals surface area contributed by atoms with Gasteiger partial charge in [-0.1, -0.05) is 19.8 Å². The highest BCUT2D eigenvalue weighted by Gasteiger charge is 2.27. The molecule has 1 fully saturated rings. The summed E-state index contributed by atoms with van der Waals surface area (Å²) in [6.07, 6.45) is 4.35. The van der Waals surface area contributed by atoms with Crippen LogP contribution in [-0.2, 0) is 9.53 Å². The van der Waals surface area contributed by atoms with Crippen LogP contribution in [0.2, 0.25) is 0 Å². The quantitative estimate of drug-likeness (QED) is 0.694. The van der Waals surface area contributed by atoms with Crippen LogP contribution in [0.25, 0.3) is 0 Å². The summed E-state index contributed by atoms with van der Waals surface area (Å²) in [6.45, 7) is 6.72. The minimum atomic E-state index is -0.196. The molecule has 2 heteroatoms. The third-order valence-electron chi connectivity index (χ3n) is 3.24. The molecule has 0 N–H and O–H groups in total. The molecule has 0 radical (unpaired) electrons. The van der Waals surface area contributed by atoms with E-state index in [1.807, 2.05) is 13.8 Å². The molecule has 0 heterocycles. The van der Waals surface area contributed by atoms with Crippen LogP contribution in [0.1, 0.15) is 46.5 Å². The second-order valence-electron chi connectivity index (χ2n) is 4.46.